The number of anilines is 1. The minimum absolute atomic E-state index is 0.190. The lowest BCUT2D eigenvalue weighted by molar-refractivity contribution is -0.275. The monoisotopic (exact) mass is 383 g/mol. The van der Waals surface area contributed by atoms with Gasteiger partial charge in [-0.15, -0.1) is 13.2 Å². The van der Waals surface area contributed by atoms with Crippen LogP contribution in [-0.2, 0) is 0 Å². The standard InChI is InChI=1S/C17H12F3NO4S/c1-24-15-7-10-9(12(22)8-13(10)23)6-11(15)21-26-16-5-3-2-4-14(16)25-17(18,19)20/h2-7,21H,8H2,1H3. The third-order valence-electron chi connectivity index (χ3n) is 3.61. The van der Waals surface area contributed by atoms with Crippen LogP contribution in [0.25, 0.3) is 0 Å². The lowest BCUT2D eigenvalue weighted by atomic mass is 10.1. The molecule has 1 aliphatic rings. The quantitative estimate of drug-likeness (QED) is 0.607. The van der Waals surface area contributed by atoms with Gasteiger partial charge in [-0.05, 0) is 36.2 Å². The lowest BCUT2D eigenvalue weighted by Crippen LogP contribution is -2.17. The maximum absolute atomic E-state index is 12.5. The van der Waals surface area contributed by atoms with Crippen LogP contribution in [0.5, 0.6) is 11.5 Å². The smallest absolute Gasteiger partial charge is 0.495 e. The first kappa shape index (κ1) is 18.1. The van der Waals surface area contributed by atoms with Crippen LogP contribution in [0.3, 0.4) is 0 Å². The number of para-hydroxylation sites is 1. The van der Waals surface area contributed by atoms with Crippen molar-refractivity contribution in [2.45, 2.75) is 17.7 Å². The maximum atomic E-state index is 12.5. The summed E-state index contributed by atoms with van der Waals surface area (Å²) in [6.45, 7) is 0. The molecule has 0 saturated carbocycles. The van der Waals surface area contributed by atoms with Crippen molar-refractivity contribution in [3.05, 3.63) is 47.5 Å². The minimum atomic E-state index is -4.81. The molecule has 1 N–H and O–H groups in total. The molecule has 2 aromatic carbocycles. The van der Waals surface area contributed by atoms with E-state index in [-0.39, 0.29) is 39.8 Å². The molecular formula is C17H12F3NO4S. The third-order valence-corrected chi connectivity index (χ3v) is 4.49. The van der Waals surface area contributed by atoms with Crippen molar-refractivity contribution >= 4 is 29.2 Å². The van der Waals surface area contributed by atoms with E-state index in [2.05, 4.69) is 9.46 Å². The van der Waals surface area contributed by atoms with Crippen LogP contribution in [0, 0.1) is 0 Å². The average Bonchev–Trinajstić information content (AvgIpc) is 2.85. The number of Topliss-reactive ketones (excluding diaryl/α,β-unsaturated/α-hetero) is 2. The van der Waals surface area contributed by atoms with E-state index in [0.717, 1.165) is 11.9 Å². The van der Waals surface area contributed by atoms with Crippen LogP contribution in [0.4, 0.5) is 18.9 Å². The summed E-state index contributed by atoms with van der Waals surface area (Å²) in [5.41, 5.74) is 0.906. The Labute approximate surface area is 150 Å². The molecular weight excluding hydrogens is 371 g/mol. The number of hydrogen-bond donors (Lipinski definition) is 1. The predicted molar refractivity (Wildman–Crippen MR) is 88.9 cm³/mol. The highest BCUT2D eigenvalue weighted by Gasteiger charge is 2.32. The van der Waals surface area contributed by atoms with Gasteiger partial charge >= 0.3 is 6.36 Å². The second-order valence-corrected chi connectivity index (χ2v) is 6.17. The molecule has 9 heteroatoms. The number of halogens is 3. The number of alkyl halides is 3. The van der Waals surface area contributed by atoms with Crippen LogP contribution in [0.1, 0.15) is 27.1 Å². The summed E-state index contributed by atoms with van der Waals surface area (Å²) in [5.74, 6) is -0.648. The number of carbonyl (C=O) groups is 2. The molecule has 0 aliphatic heterocycles. The Kier molecular flexibility index (Phi) is 4.82. The summed E-state index contributed by atoms with van der Waals surface area (Å²) >= 11 is 0.867. The topological polar surface area (TPSA) is 64.6 Å². The Bertz CT molecular complexity index is 883. The van der Waals surface area contributed by atoms with E-state index in [1.807, 2.05) is 0 Å². The zero-order chi connectivity index (χ0) is 18.9. The molecule has 136 valence electrons. The Morgan fingerprint density at radius 1 is 1.04 bits per heavy atom. The second kappa shape index (κ2) is 6.91. The second-order valence-electron chi connectivity index (χ2n) is 5.32. The van der Waals surface area contributed by atoms with Crippen LogP contribution in [0.2, 0.25) is 0 Å². The fourth-order valence-corrected chi connectivity index (χ4v) is 3.22. The van der Waals surface area contributed by atoms with E-state index in [9.17, 15) is 22.8 Å². The molecule has 0 heterocycles. The van der Waals surface area contributed by atoms with Crippen LogP contribution >= 0.6 is 11.9 Å². The molecule has 0 fully saturated rings. The highest BCUT2D eigenvalue weighted by molar-refractivity contribution is 8.00. The highest BCUT2D eigenvalue weighted by Crippen LogP contribution is 2.38. The van der Waals surface area contributed by atoms with Gasteiger partial charge in [0.25, 0.3) is 0 Å². The number of hydrogen-bond acceptors (Lipinski definition) is 6. The average molecular weight is 383 g/mol. The molecule has 0 bridgehead atoms. The van der Waals surface area contributed by atoms with E-state index >= 15 is 0 Å². The summed E-state index contributed by atoms with van der Waals surface area (Å²) in [6, 6.07) is 8.54. The molecule has 2 aromatic rings. The zero-order valence-corrected chi connectivity index (χ0v) is 14.2. The summed E-state index contributed by atoms with van der Waals surface area (Å²) < 4.78 is 49.5. The van der Waals surface area contributed by atoms with E-state index in [1.54, 1.807) is 6.07 Å². The first-order valence-electron chi connectivity index (χ1n) is 7.34. The predicted octanol–water partition coefficient (Wildman–Crippen LogP) is 4.48. The van der Waals surface area contributed by atoms with Crippen molar-refractivity contribution in [2.75, 3.05) is 11.8 Å². The van der Waals surface area contributed by atoms with Gasteiger partial charge in [0.15, 0.2) is 11.6 Å². The van der Waals surface area contributed by atoms with E-state index in [4.69, 9.17) is 4.74 Å². The fourth-order valence-electron chi connectivity index (χ4n) is 2.48. The summed E-state index contributed by atoms with van der Waals surface area (Å²) in [7, 11) is 1.39. The van der Waals surface area contributed by atoms with Crippen LogP contribution in [-0.4, -0.2) is 25.0 Å². The maximum Gasteiger partial charge on any atom is 0.573 e. The van der Waals surface area contributed by atoms with Crippen molar-refractivity contribution < 1.29 is 32.2 Å². The molecule has 0 aromatic heterocycles. The molecule has 0 atom stereocenters. The molecule has 0 amide bonds. The van der Waals surface area contributed by atoms with Gasteiger partial charge in [-0.1, -0.05) is 12.1 Å². The Balaban J connectivity index is 1.86. The Morgan fingerprint density at radius 2 is 1.69 bits per heavy atom. The summed E-state index contributed by atoms with van der Waals surface area (Å²) in [4.78, 5) is 23.8. The van der Waals surface area contributed by atoms with Gasteiger partial charge < -0.3 is 14.2 Å². The molecule has 0 spiro atoms. The number of nitrogens with one attached hydrogen (secondary N) is 1. The van der Waals surface area contributed by atoms with Gasteiger partial charge in [-0.25, -0.2) is 0 Å². The van der Waals surface area contributed by atoms with Gasteiger partial charge in [-0.3, -0.25) is 9.59 Å². The van der Waals surface area contributed by atoms with E-state index in [0.29, 0.717) is 11.4 Å². The van der Waals surface area contributed by atoms with Crippen molar-refractivity contribution in [3.63, 3.8) is 0 Å². The van der Waals surface area contributed by atoms with E-state index < -0.39 is 6.36 Å². The Morgan fingerprint density at radius 3 is 2.35 bits per heavy atom. The van der Waals surface area contributed by atoms with Crippen LogP contribution < -0.4 is 14.2 Å². The number of benzene rings is 2. The fraction of sp³-hybridized carbons (Fsp3) is 0.176. The molecule has 0 saturated heterocycles. The summed E-state index contributed by atoms with van der Waals surface area (Å²) in [5, 5.41) is 0. The Hall–Kier alpha value is -2.68. The number of ketones is 2. The van der Waals surface area contributed by atoms with Gasteiger partial charge in [0, 0.05) is 11.1 Å². The number of fused-ring (bicyclic) bond motifs is 1. The highest BCUT2D eigenvalue weighted by atomic mass is 32.2. The molecule has 0 radical (unpaired) electrons. The molecule has 3 rings (SSSR count). The third kappa shape index (κ3) is 3.77. The van der Waals surface area contributed by atoms with Crippen molar-refractivity contribution in [3.8, 4) is 11.5 Å². The first-order valence-corrected chi connectivity index (χ1v) is 8.16. The van der Waals surface area contributed by atoms with Crippen molar-refractivity contribution in [1.82, 2.24) is 0 Å². The zero-order valence-electron chi connectivity index (χ0n) is 13.3. The first-order chi connectivity index (χ1) is 12.3. The van der Waals surface area contributed by atoms with Gasteiger partial charge in [0.1, 0.15) is 11.5 Å². The van der Waals surface area contributed by atoms with Gasteiger partial charge in [0.2, 0.25) is 0 Å². The SMILES string of the molecule is COc1cc2c(cc1NSc1ccccc1OC(F)(F)F)C(=O)CC2=O. The van der Waals surface area contributed by atoms with Crippen molar-refractivity contribution in [1.29, 1.82) is 0 Å². The molecule has 26 heavy (non-hydrogen) atoms. The number of rotatable bonds is 5. The minimum Gasteiger partial charge on any atom is -0.495 e. The molecule has 5 nitrogen and oxygen atoms in total. The normalized spacial score (nSPS) is 13.5. The summed E-state index contributed by atoms with van der Waals surface area (Å²) in [6.07, 6.45) is -5.01. The van der Waals surface area contributed by atoms with Gasteiger partial charge in [0.05, 0.1) is 24.1 Å². The number of ether oxygens (including phenoxy) is 2. The van der Waals surface area contributed by atoms with Crippen LogP contribution in [0.15, 0.2) is 41.3 Å². The lowest BCUT2D eigenvalue weighted by Gasteiger charge is -2.15. The largest absolute Gasteiger partial charge is 0.573 e. The number of carbonyl (C=O) groups excluding carboxylic acids is 2. The van der Waals surface area contributed by atoms with Gasteiger partial charge in [-0.2, -0.15) is 0 Å². The molecule has 0 unspecified atom stereocenters. The van der Waals surface area contributed by atoms with E-state index in [1.165, 1.54) is 37.4 Å². The number of methoxy groups -OCH3 is 1. The molecule has 1 aliphatic carbocycles. The van der Waals surface area contributed by atoms with Crippen molar-refractivity contribution in [2.24, 2.45) is 0 Å².